The topological polar surface area (TPSA) is 50.4 Å². The first-order chi connectivity index (χ1) is 8.93. The summed E-state index contributed by atoms with van der Waals surface area (Å²) in [6, 6.07) is 3.06. The van der Waals surface area contributed by atoms with E-state index in [1.165, 1.54) is 6.07 Å². The van der Waals surface area contributed by atoms with Crippen LogP contribution in [0, 0.1) is 0 Å². The lowest BCUT2D eigenvalue weighted by Gasteiger charge is -2.14. The fourth-order valence-corrected chi connectivity index (χ4v) is 2.06. The van der Waals surface area contributed by atoms with E-state index in [0.717, 1.165) is 0 Å². The highest BCUT2D eigenvalue weighted by molar-refractivity contribution is 6.44. The van der Waals surface area contributed by atoms with Crippen LogP contribution in [0.1, 0.15) is 6.92 Å². The van der Waals surface area contributed by atoms with E-state index in [-0.39, 0.29) is 18.5 Å². The van der Waals surface area contributed by atoms with Crippen LogP contribution in [0.4, 0.5) is 5.69 Å². The standard InChI is InChI=1S/C12H15Cl3N2O2/c1-7(6-19-2)17-12(18)5-16-11-4-9(14)8(13)3-10(11)15/h3-4,7,16H,5-6H2,1-2H3,(H,17,18). The predicted molar refractivity (Wildman–Crippen MR) is 79.4 cm³/mol. The second-order valence-corrected chi connectivity index (χ2v) is 5.25. The van der Waals surface area contributed by atoms with Crippen molar-refractivity contribution < 1.29 is 9.53 Å². The maximum atomic E-state index is 11.6. The van der Waals surface area contributed by atoms with Gasteiger partial charge in [0.25, 0.3) is 0 Å². The number of carbonyl (C=O) groups excluding carboxylic acids is 1. The number of anilines is 1. The van der Waals surface area contributed by atoms with Crippen LogP contribution in [0.3, 0.4) is 0 Å². The summed E-state index contributed by atoms with van der Waals surface area (Å²) in [7, 11) is 1.58. The van der Waals surface area contributed by atoms with E-state index in [0.29, 0.717) is 27.4 Å². The van der Waals surface area contributed by atoms with Gasteiger partial charge in [-0.1, -0.05) is 34.8 Å². The fraction of sp³-hybridized carbons (Fsp3) is 0.417. The maximum absolute atomic E-state index is 11.6. The van der Waals surface area contributed by atoms with Crippen LogP contribution in [-0.2, 0) is 9.53 Å². The quantitative estimate of drug-likeness (QED) is 0.790. The molecule has 0 radical (unpaired) electrons. The number of methoxy groups -OCH3 is 1. The molecule has 1 amide bonds. The van der Waals surface area contributed by atoms with Gasteiger partial charge in [-0.3, -0.25) is 4.79 Å². The second kappa shape index (κ2) is 7.80. The van der Waals surface area contributed by atoms with Crippen molar-refractivity contribution in [3.8, 4) is 0 Å². The van der Waals surface area contributed by atoms with Gasteiger partial charge in [-0.15, -0.1) is 0 Å². The van der Waals surface area contributed by atoms with E-state index in [1.807, 2.05) is 6.92 Å². The molecule has 0 bridgehead atoms. The average molecular weight is 326 g/mol. The van der Waals surface area contributed by atoms with Crippen LogP contribution < -0.4 is 10.6 Å². The molecule has 2 N–H and O–H groups in total. The van der Waals surface area contributed by atoms with Gasteiger partial charge in [0.15, 0.2) is 0 Å². The van der Waals surface area contributed by atoms with Crippen molar-refractivity contribution in [3.63, 3.8) is 0 Å². The van der Waals surface area contributed by atoms with Crippen molar-refractivity contribution in [2.24, 2.45) is 0 Å². The van der Waals surface area contributed by atoms with Crippen molar-refractivity contribution in [2.45, 2.75) is 13.0 Å². The summed E-state index contributed by atoms with van der Waals surface area (Å²) in [6.07, 6.45) is 0. The molecule has 0 fully saturated rings. The maximum Gasteiger partial charge on any atom is 0.239 e. The highest BCUT2D eigenvalue weighted by atomic mass is 35.5. The van der Waals surface area contributed by atoms with Crippen molar-refractivity contribution in [3.05, 3.63) is 27.2 Å². The molecule has 19 heavy (non-hydrogen) atoms. The number of amides is 1. The molecule has 0 aliphatic carbocycles. The molecule has 1 rings (SSSR count). The molecule has 1 aromatic rings. The summed E-state index contributed by atoms with van der Waals surface area (Å²) in [5.74, 6) is -0.160. The van der Waals surface area contributed by atoms with Crippen LogP contribution in [-0.4, -0.2) is 32.2 Å². The molecule has 1 aromatic carbocycles. The zero-order valence-electron chi connectivity index (χ0n) is 10.6. The smallest absolute Gasteiger partial charge is 0.239 e. The molecule has 0 spiro atoms. The van der Waals surface area contributed by atoms with Crippen molar-refractivity contribution >= 4 is 46.4 Å². The van der Waals surface area contributed by atoms with Crippen LogP contribution in [0.2, 0.25) is 15.1 Å². The molecular weight excluding hydrogens is 311 g/mol. The van der Waals surface area contributed by atoms with E-state index in [1.54, 1.807) is 13.2 Å². The third kappa shape index (κ3) is 5.45. The van der Waals surface area contributed by atoms with E-state index < -0.39 is 0 Å². The first-order valence-electron chi connectivity index (χ1n) is 5.60. The van der Waals surface area contributed by atoms with Gasteiger partial charge in [0.2, 0.25) is 5.91 Å². The Bertz CT molecular complexity index is 455. The van der Waals surface area contributed by atoms with Gasteiger partial charge in [-0.2, -0.15) is 0 Å². The molecular formula is C12H15Cl3N2O2. The Morgan fingerprint density at radius 2 is 1.89 bits per heavy atom. The molecule has 0 aliphatic heterocycles. The number of rotatable bonds is 6. The van der Waals surface area contributed by atoms with Gasteiger partial charge in [-0.05, 0) is 19.1 Å². The number of hydrogen-bond donors (Lipinski definition) is 2. The minimum absolute atomic E-state index is 0.0522. The van der Waals surface area contributed by atoms with Gasteiger partial charge in [0.05, 0.1) is 33.9 Å². The molecule has 0 heterocycles. The van der Waals surface area contributed by atoms with Gasteiger partial charge in [0.1, 0.15) is 0 Å². The monoisotopic (exact) mass is 324 g/mol. The lowest BCUT2D eigenvalue weighted by Crippen LogP contribution is -2.39. The van der Waals surface area contributed by atoms with Crippen molar-refractivity contribution in [1.82, 2.24) is 5.32 Å². The van der Waals surface area contributed by atoms with E-state index >= 15 is 0 Å². The molecule has 0 saturated heterocycles. The molecule has 0 saturated carbocycles. The van der Waals surface area contributed by atoms with Crippen LogP contribution in [0.5, 0.6) is 0 Å². The lowest BCUT2D eigenvalue weighted by molar-refractivity contribution is -0.120. The Hall–Kier alpha value is -0.680. The third-order valence-corrected chi connectivity index (χ3v) is 3.31. The fourth-order valence-electron chi connectivity index (χ4n) is 1.45. The van der Waals surface area contributed by atoms with Crippen LogP contribution in [0.15, 0.2) is 12.1 Å². The number of ether oxygens (including phenoxy) is 1. The summed E-state index contributed by atoms with van der Waals surface area (Å²) in [5.41, 5.74) is 0.561. The SMILES string of the molecule is COCC(C)NC(=O)CNc1cc(Cl)c(Cl)cc1Cl. The number of nitrogens with one attached hydrogen (secondary N) is 2. The Balaban J connectivity index is 2.53. The summed E-state index contributed by atoms with van der Waals surface area (Å²) >= 11 is 17.7. The van der Waals surface area contributed by atoms with E-state index in [9.17, 15) is 4.79 Å². The number of benzene rings is 1. The summed E-state index contributed by atoms with van der Waals surface area (Å²) in [6.45, 7) is 2.40. The molecule has 0 aromatic heterocycles. The highest BCUT2D eigenvalue weighted by Crippen LogP contribution is 2.31. The zero-order valence-corrected chi connectivity index (χ0v) is 12.9. The van der Waals surface area contributed by atoms with Crippen molar-refractivity contribution in [1.29, 1.82) is 0 Å². The molecule has 106 valence electrons. The summed E-state index contributed by atoms with van der Waals surface area (Å²) in [4.78, 5) is 11.6. The van der Waals surface area contributed by atoms with Crippen LogP contribution >= 0.6 is 34.8 Å². The van der Waals surface area contributed by atoms with E-state index in [2.05, 4.69) is 10.6 Å². The first-order valence-corrected chi connectivity index (χ1v) is 6.74. The zero-order chi connectivity index (χ0) is 14.4. The normalized spacial score (nSPS) is 12.1. The van der Waals surface area contributed by atoms with Crippen molar-refractivity contribution in [2.75, 3.05) is 25.6 Å². The van der Waals surface area contributed by atoms with Gasteiger partial charge < -0.3 is 15.4 Å². The number of halogens is 3. The molecule has 0 aliphatic rings. The largest absolute Gasteiger partial charge is 0.383 e. The van der Waals surface area contributed by atoms with E-state index in [4.69, 9.17) is 39.5 Å². The Kier molecular flexibility index (Phi) is 6.72. The van der Waals surface area contributed by atoms with Crippen LogP contribution in [0.25, 0.3) is 0 Å². The average Bonchev–Trinajstić information content (AvgIpc) is 2.32. The molecule has 1 unspecified atom stereocenters. The van der Waals surface area contributed by atoms with Gasteiger partial charge in [0, 0.05) is 13.2 Å². The van der Waals surface area contributed by atoms with Gasteiger partial charge >= 0.3 is 0 Å². The summed E-state index contributed by atoms with van der Waals surface area (Å²) < 4.78 is 4.93. The van der Waals surface area contributed by atoms with Gasteiger partial charge in [-0.25, -0.2) is 0 Å². The Labute approximate surface area is 127 Å². The predicted octanol–water partition coefficient (Wildman–Crippen LogP) is 3.21. The third-order valence-electron chi connectivity index (χ3n) is 2.27. The second-order valence-electron chi connectivity index (χ2n) is 4.02. The molecule has 1 atom stereocenters. The molecule has 4 nitrogen and oxygen atoms in total. The summed E-state index contributed by atoms with van der Waals surface area (Å²) in [5, 5.41) is 6.82. The first kappa shape index (κ1) is 16.4. The number of hydrogen-bond acceptors (Lipinski definition) is 3. The highest BCUT2D eigenvalue weighted by Gasteiger charge is 2.09. The number of carbonyl (C=O) groups is 1. The Morgan fingerprint density at radius 1 is 1.26 bits per heavy atom. The lowest BCUT2D eigenvalue weighted by atomic mass is 10.3. The minimum atomic E-state index is -0.160. The minimum Gasteiger partial charge on any atom is -0.383 e. The molecule has 7 heteroatoms. The Morgan fingerprint density at radius 3 is 2.53 bits per heavy atom.